The first kappa shape index (κ1) is 13.4. The van der Waals surface area contributed by atoms with Crippen molar-refractivity contribution in [1.29, 1.82) is 0 Å². The summed E-state index contributed by atoms with van der Waals surface area (Å²) in [5, 5.41) is 14.1. The number of nitro groups is 1. The van der Waals surface area contributed by atoms with Crippen molar-refractivity contribution in [3.63, 3.8) is 0 Å². The summed E-state index contributed by atoms with van der Waals surface area (Å²) in [6, 6.07) is 11.2. The van der Waals surface area contributed by atoms with Gasteiger partial charge in [0, 0.05) is 19.6 Å². The molecule has 0 bridgehead atoms. The van der Waals surface area contributed by atoms with Crippen LogP contribution in [0.4, 0.5) is 17.3 Å². The van der Waals surface area contributed by atoms with Gasteiger partial charge in [0.2, 0.25) is 0 Å². The number of pyridine rings is 1. The molecular formula is C15H16N4O2. The zero-order valence-corrected chi connectivity index (χ0v) is 11.7. The first-order chi connectivity index (χ1) is 10.2. The van der Waals surface area contributed by atoms with Crippen LogP contribution in [-0.4, -0.2) is 16.5 Å². The number of benzene rings is 1. The second kappa shape index (κ2) is 5.40. The molecule has 1 aliphatic rings. The predicted molar refractivity (Wildman–Crippen MR) is 81.4 cm³/mol. The van der Waals surface area contributed by atoms with Gasteiger partial charge in [-0.05, 0) is 18.1 Å². The van der Waals surface area contributed by atoms with E-state index in [-0.39, 0.29) is 10.6 Å². The average molecular weight is 284 g/mol. The number of hydrogen-bond donors (Lipinski definition) is 1. The molecule has 0 fully saturated rings. The maximum absolute atomic E-state index is 11.1. The molecule has 3 rings (SSSR count). The summed E-state index contributed by atoms with van der Waals surface area (Å²) in [6.07, 6.45) is 0. The van der Waals surface area contributed by atoms with E-state index in [4.69, 9.17) is 0 Å². The highest BCUT2D eigenvalue weighted by Crippen LogP contribution is 2.30. The summed E-state index contributed by atoms with van der Waals surface area (Å²) < 4.78 is 0. The highest BCUT2D eigenvalue weighted by atomic mass is 16.6. The van der Waals surface area contributed by atoms with Gasteiger partial charge in [0.05, 0.1) is 17.1 Å². The number of anilines is 2. The SMILES string of the molecule is CCNc1cc([N+](=O)[O-])cc(N2Cc3ccccc3C2)n1. The quantitative estimate of drug-likeness (QED) is 0.690. The van der Waals surface area contributed by atoms with Crippen LogP contribution in [0, 0.1) is 10.1 Å². The van der Waals surface area contributed by atoms with Crippen molar-refractivity contribution in [1.82, 2.24) is 4.98 Å². The Balaban J connectivity index is 1.94. The van der Waals surface area contributed by atoms with Crippen LogP contribution in [0.25, 0.3) is 0 Å². The molecule has 1 aliphatic heterocycles. The van der Waals surface area contributed by atoms with Crippen LogP contribution in [-0.2, 0) is 13.1 Å². The van der Waals surface area contributed by atoms with Crippen LogP contribution in [0.1, 0.15) is 18.1 Å². The van der Waals surface area contributed by atoms with Crippen molar-refractivity contribution in [2.24, 2.45) is 0 Å². The van der Waals surface area contributed by atoms with Gasteiger partial charge in [-0.1, -0.05) is 24.3 Å². The van der Waals surface area contributed by atoms with Crippen molar-refractivity contribution < 1.29 is 4.92 Å². The minimum atomic E-state index is -0.380. The van der Waals surface area contributed by atoms with Crippen molar-refractivity contribution in [3.8, 4) is 0 Å². The van der Waals surface area contributed by atoms with E-state index >= 15 is 0 Å². The molecule has 2 aromatic rings. The Bertz CT molecular complexity index is 662. The van der Waals surface area contributed by atoms with E-state index in [9.17, 15) is 10.1 Å². The van der Waals surface area contributed by atoms with Gasteiger partial charge in [0.15, 0.2) is 0 Å². The van der Waals surface area contributed by atoms with Gasteiger partial charge in [-0.2, -0.15) is 0 Å². The second-order valence-corrected chi connectivity index (χ2v) is 4.98. The third kappa shape index (κ3) is 2.65. The fraction of sp³-hybridized carbons (Fsp3) is 0.267. The zero-order valence-electron chi connectivity index (χ0n) is 11.7. The van der Waals surface area contributed by atoms with E-state index in [2.05, 4.69) is 27.3 Å². The summed E-state index contributed by atoms with van der Waals surface area (Å²) in [7, 11) is 0. The van der Waals surface area contributed by atoms with E-state index in [0.717, 1.165) is 13.1 Å². The summed E-state index contributed by atoms with van der Waals surface area (Å²) in [4.78, 5) is 17.2. The molecule has 0 aliphatic carbocycles. The fourth-order valence-electron chi connectivity index (χ4n) is 2.54. The molecule has 21 heavy (non-hydrogen) atoms. The predicted octanol–water partition coefficient (Wildman–Crippen LogP) is 2.94. The van der Waals surface area contributed by atoms with Gasteiger partial charge < -0.3 is 10.2 Å². The molecule has 6 heteroatoms. The monoisotopic (exact) mass is 284 g/mol. The van der Waals surface area contributed by atoms with Gasteiger partial charge >= 0.3 is 0 Å². The summed E-state index contributed by atoms with van der Waals surface area (Å²) in [5.74, 6) is 1.18. The second-order valence-electron chi connectivity index (χ2n) is 4.98. The van der Waals surface area contributed by atoms with Gasteiger partial charge in [0.25, 0.3) is 5.69 Å². The molecule has 108 valence electrons. The van der Waals surface area contributed by atoms with Gasteiger partial charge in [-0.3, -0.25) is 10.1 Å². The average Bonchev–Trinajstić information content (AvgIpc) is 2.91. The topological polar surface area (TPSA) is 71.3 Å². The highest BCUT2D eigenvalue weighted by Gasteiger charge is 2.22. The van der Waals surface area contributed by atoms with E-state index in [1.807, 2.05) is 19.1 Å². The Kier molecular flexibility index (Phi) is 3.43. The summed E-state index contributed by atoms with van der Waals surface area (Å²) >= 11 is 0. The normalized spacial score (nSPS) is 13.1. The minimum Gasteiger partial charge on any atom is -0.370 e. The van der Waals surface area contributed by atoms with E-state index in [1.54, 1.807) is 0 Å². The lowest BCUT2D eigenvalue weighted by Gasteiger charge is -2.17. The van der Waals surface area contributed by atoms with Crippen LogP contribution >= 0.6 is 0 Å². The smallest absolute Gasteiger partial charge is 0.276 e. The lowest BCUT2D eigenvalue weighted by molar-refractivity contribution is -0.384. The van der Waals surface area contributed by atoms with Crippen LogP contribution in [0.3, 0.4) is 0 Å². The molecule has 0 saturated heterocycles. The highest BCUT2D eigenvalue weighted by molar-refractivity contribution is 5.57. The summed E-state index contributed by atoms with van der Waals surface area (Å²) in [6.45, 7) is 4.07. The Hall–Kier alpha value is -2.63. The minimum absolute atomic E-state index is 0.0620. The molecular weight excluding hydrogens is 268 g/mol. The van der Waals surface area contributed by atoms with Crippen LogP contribution in [0.2, 0.25) is 0 Å². The van der Waals surface area contributed by atoms with Crippen LogP contribution in [0.5, 0.6) is 0 Å². The zero-order chi connectivity index (χ0) is 14.8. The molecule has 0 amide bonds. The van der Waals surface area contributed by atoms with Gasteiger partial charge in [0.1, 0.15) is 11.6 Å². The van der Waals surface area contributed by atoms with Crippen LogP contribution in [0.15, 0.2) is 36.4 Å². The molecule has 6 nitrogen and oxygen atoms in total. The maximum atomic E-state index is 11.1. The molecule has 0 atom stereocenters. The largest absolute Gasteiger partial charge is 0.370 e. The number of aromatic nitrogens is 1. The van der Waals surface area contributed by atoms with Gasteiger partial charge in [-0.15, -0.1) is 0 Å². The Morgan fingerprint density at radius 2 is 1.95 bits per heavy atom. The summed E-state index contributed by atoms with van der Waals surface area (Å²) in [5.41, 5.74) is 2.55. The number of nitrogens with zero attached hydrogens (tertiary/aromatic N) is 3. The van der Waals surface area contributed by atoms with Crippen molar-refractivity contribution in [2.45, 2.75) is 20.0 Å². The molecule has 0 radical (unpaired) electrons. The van der Waals surface area contributed by atoms with E-state index in [1.165, 1.54) is 23.3 Å². The van der Waals surface area contributed by atoms with Crippen molar-refractivity contribution in [3.05, 3.63) is 57.6 Å². The molecule has 1 aromatic carbocycles. The first-order valence-electron chi connectivity index (χ1n) is 6.89. The molecule has 2 heterocycles. The van der Waals surface area contributed by atoms with E-state index in [0.29, 0.717) is 18.2 Å². The Morgan fingerprint density at radius 3 is 2.52 bits per heavy atom. The van der Waals surface area contributed by atoms with Crippen LogP contribution < -0.4 is 10.2 Å². The number of fused-ring (bicyclic) bond motifs is 1. The maximum Gasteiger partial charge on any atom is 0.276 e. The van der Waals surface area contributed by atoms with Gasteiger partial charge in [-0.25, -0.2) is 4.98 Å². The molecule has 1 aromatic heterocycles. The Labute approximate surface area is 122 Å². The third-order valence-corrected chi connectivity index (χ3v) is 3.53. The lowest BCUT2D eigenvalue weighted by atomic mass is 10.1. The molecule has 0 saturated carbocycles. The fourth-order valence-corrected chi connectivity index (χ4v) is 2.54. The molecule has 0 spiro atoms. The van der Waals surface area contributed by atoms with Crippen molar-refractivity contribution >= 4 is 17.3 Å². The third-order valence-electron chi connectivity index (χ3n) is 3.53. The van der Waals surface area contributed by atoms with E-state index < -0.39 is 0 Å². The number of nitrogens with one attached hydrogen (secondary N) is 1. The lowest BCUT2D eigenvalue weighted by Crippen LogP contribution is -2.17. The van der Waals surface area contributed by atoms with Crippen molar-refractivity contribution in [2.75, 3.05) is 16.8 Å². The molecule has 0 unspecified atom stereocenters. The number of rotatable bonds is 4. The Morgan fingerprint density at radius 1 is 1.29 bits per heavy atom. The number of hydrogen-bond acceptors (Lipinski definition) is 5. The molecule has 1 N–H and O–H groups in total. The first-order valence-corrected chi connectivity index (χ1v) is 6.89. The standard InChI is InChI=1S/C15H16N4O2/c1-2-16-14-7-13(19(20)21)8-15(17-14)18-9-11-5-3-4-6-12(11)10-18/h3-8H,2,9-10H2,1H3,(H,16,17).